The second-order valence-corrected chi connectivity index (χ2v) is 5.59. The summed E-state index contributed by atoms with van der Waals surface area (Å²) in [5, 5.41) is 19.1. The zero-order chi connectivity index (χ0) is 16.4. The van der Waals surface area contributed by atoms with Crippen LogP contribution in [0.1, 0.15) is 0 Å². The summed E-state index contributed by atoms with van der Waals surface area (Å²) >= 11 is 0. The fourth-order valence-corrected chi connectivity index (χ4v) is 2.34. The van der Waals surface area contributed by atoms with Gasteiger partial charge < -0.3 is 14.6 Å². The first-order valence-electron chi connectivity index (χ1n) is 6.37. The molecule has 0 unspecified atom stereocenters. The molecule has 22 heavy (non-hydrogen) atoms. The summed E-state index contributed by atoms with van der Waals surface area (Å²) in [4.78, 5) is 9.64. The van der Waals surface area contributed by atoms with Gasteiger partial charge in [0.2, 0.25) is 0 Å². The molecule has 0 saturated carbocycles. The highest BCUT2D eigenvalue weighted by Gasteiger charge is 2.18. The van der Waals surface area contributed by atoms with E-state index in [0.29, 0.717) is 0 Å². The van der Waals surface area contributed by atoms with Crippen LogP contribution in [0.4, 0.5) is 5.69 Å². The number of aliphatic hydroxyl groups is 1. The number of non-ortho nitro benzene ring substituents is 1. The molecule has 124 valence electrons. The van der Waals surface area contributed by atoms with E-state index in [-0.39, 0.29) is 50.2 Å². The lowest BCUT2D eigenvalue weighted by molar-refractivity contribution is -0.385. The Hall–Kier alpha value is -1.59. The second kappa shape index (κ2) is 9.43. The van der Waals surface area contributed by atoms with Crippen LogP contribution in [-0.2, 0) is 23.8 Å². The molecular weight excluding hydrogens is 318 g/mol. The molecule has 0 aliphatic rings. The van der Waals surface area contributed by atoms with Crippen molar-refractivity contribution >= 4 is 15.8 Å². The van der Waals surface area contributed by atoms with Gasteiger partial charge in [-0.15, -0.1) is 0 Å². The number of rotatable bonds is 11. The summed E-state index contributed by atoms with van der Waals surface area (Å²) in [7, 11) is -4.07. The zero-order valence-electron chi connectivity index (χ0n) is 11.7. The summed E-state index contributed by atoms with van der Waals surface area (Å²) in [5.74, 6) is 0. The van der Waals surface area contributed by atoms with Crippen molar-refractivity contribution in [3.8, 4) is 0 Å². The summed E-state index contributed by atoms with van der Waals surface area (Å²) in [6.07, 6.45) is 0. The molecular formula is C12H17NO8S. The molecule has 0 aliphatic carbocycles. The third-order valence-corrected chi connectivity index (χ3v) is 3.70. The molecule has 0 aliphatic heterocycles. The van der Waals surface area contributed by atoms with Crippen LogP contribution in [-0.4, -0.2) is 58.1 Å². The van der Waals surface area contributed by atoms with E-state index in [0.717, 1.165) is 6.07 Å². The van der Waals surface area contributed by atoms with Crippen molar-refractivity contribution in [3.63, 3.8) is 0 Å². The van der Waals surface area contributed by atoms with Gasteiger partial charge in [-0.2, -0.15) is 8.42 Å². The zero-order valence-corrected chi connectivity index (χ0v) is 12.5. The Morgan fingerprint density at radius 2 is 1.73 bits per heavy atom. The van der Waals surface area contributed by atoms with E-state index in [9.17, 15) is 18.5 Å². The van der Waals surface area contributed by atoms with Gasteiger partial charge in [-0.25, -0.2) is 0 Å². The number of ether oxygens (including phenoxy) is 2. The van der Waals surface area contributed by atoms with E-state index < -0.39 is 15.0 Å². The van der Waals surface area contributed by atoms with Crippen LogP contribution >= 0.6 is 0 Å². The van der Waals surface area contributed by atoms with Gasteiger partial charge in [0.25, 0.3) is 15.8 Å². The molecule has 0 radical (unpaired) electrons. The first-order valence-corrected chi connectivity index (χ1v) is 7.78. The van der Waals surface area contributed by atoms with Crippen molar-refractivity contribution in [3.05, 3.63) is 34.4 Å². The Kier molecular flexibility index (Phi) is 7.91. The largest absolute Gasteiger partial charge is 0.394 e. The second-order valence-electron chi connectivity index (χ2n) is 3.98. The highest BCUT2D eigenvalue weighted by molar-refractivity contribution is 7.86. The fraction of sp³-hybridized carbons (Fsp3) is 0.500. The number of hydrogen-bond donors (Lipinski definition) is 1. The van der Waals surface area contributed by atoms with Crippen LogP contribution in [0.25, 0.3) is 0 Å². The van der Waals surface area contributed by atoms with E-state index in [4.69, 9.17) is 18.8 Å². The Labute approximate surface area is 127 Å². The number of nitro groups is 1. The Morgan fingerprint density at radius 1 is 1.09 bits per heavy atom. The van der Waals surface area contributed by atoms with Crippen molar-refractivity contribution in [2.24, 2.45) is 0 Å². The molecule has 0 heterocycles. The van der Waals surface area contributed by atoms with Gasteiger partial charge in [0.05, 0.1) is 44.6 Å². The van der Waals surface area contributed by atoms with E-state index in [2.05, 4.69) is 0 Å². The van der Waals surface area contributed by atoms with Crippen molar-refractivity contribution < 1.29 is 32.1 Å². The first kappa shape index (κ1) is 18.5. The van der Waals surface area contributed by atoms with E-state index >= 15 is 0 Å². The normalized spacial score (nSPS) is 11.5. The lowest BCUT2D eigenvalue weighted by atomic mass is 10.3. The average molecular weight is 335 g/mol. The average Bonchev–Trinajstić information content (AvgIpc) is 2.50. The van der Waals surface area contributed by atoms with Gasteiger partial charge in [-0.1, -0.05) is 6.07 Å². The van der Waals surface area contributed by atoms with Crippen molar-refractivity contribution in [2.75, 3.05) is 39.6 Å². The van der Waals surface area contributed by atoms with Gasteiger partial charge in [0.15, 0.2) is 0 Å². The summed E-state index contributed by atoms with van der Waals surface area (Å²) in [6.45, 7) is 0.450. The van der Waals surface area contributed by atoms with Crippen LogP contribution in [0.5, 0.6) is 0 Å². The minimum atomic E-state index is -4.07. The van der Waals surface area contributed by atoms with Crippen LogP contribution in [0.15, 0.2) is 29.2 Å². The van der Waals surface area contributed by atoms with Gasteiger partial charge in [0.1, 0.15) is 4.90 Å². The molecule has 1 rings (SSSR count). The Balaban J connectivity index is 2.38. The van der Waals surface area contributed by atoms with Crippen molar-refractivity contribution in [1.82, 2.24) is 0 Å². The van der Waals surface area contributed by atoms with Crippen LogP contribution in [0.2, 0.25) is 0 Å². The van der Waals surface area contributed by atoms with Crippen molar-refractivity contribution in [2.45, 2.75) is 4.90 Å². The third kappa shape index (κ3) is 6.45. The quantitative estimate of drug-likeness (QED) is 0.265. The Bertz CT molecular complexity index is 574. The lowest BCUT2D eigenvalue weighted by Crippen LogP contribution is -2.14. The highest BCUT2D eigenvalue weighted by Crippen LogP contribution is 2.18. The molecule has 9 nitrogen and oxygen atoms in total. The molecule has 0 fully saturated rings. The molecule has 0 bridgehead atoms. The third-order valence-electron chi connectivity index (χ3n) is 2.39. The molecule has 10 heteroatoms. The maximum Gasteiger partial charge on any atom is 0.297 e. The van der Waals surface area contributed by atoms with E-state index in [1.165, 1.54) is 18.2 Å². The van der Waals surface area contributed by atoms with Crippen molar-refractivity contribution in [1.29, 1.82) is 0 Å². The van der Waals surface area contributed by atoms with Gasteiger partial charge in [-0.3, -0.25) is 14.3 Å². The molecule has 0 amide bonds. The minimum Gasteiger partial charge on any atom is -0.394 e. The summed E-state index contributed by atoms with van der Waals surface area (Å²) in [5.41, 5.74) is -0.332. The highest BCUT2D eigenvalue weighted by atomic mass is 32.2. The predicted octanol–water partition coefficient (Wildman–Crippen LogP) is 0.326. The lowest BCUT2D eigenvalue weighted by Gasteiger charge is -2.07. The smallest absolute Gasteiger partial charge is 0.297 e. The molecule has 0 saturated heterocycles. The van der Waals surface area contributed by atoms with E-state index in [1.807, 2.05) is 0 Å². The number of hydrogen-bond acceptors (Lipinski definition) is 8. The minimum absolute atomic E-state index is 0.0244. The van der Waals surface area contributed by atoms with Gasteiger partial charge >= 0.3 is 0 Å². The predicted molar refractivity (Wildman–Crippen MR) is 75.0 cm³/mol. The summed E-state index contributed by atoms with van der Waals surface area (Å²) in [6, 6.07) is 4.60. The van der Waals surface area contributed by atoms with Gasteiger partial charge in [-0.05, 0) is 6.07 Å². The van der Waals surface area contributed by atoms with Crippen LogP contribution in [0.3, 0.4) is 0 Å². The number of benzene rings is 1. The van der Waals surface area contributed by atoms with Crippen LogP contribution < -0.4 is 0 Å². The number of nitrogens with zero attached hydrogens (tertiary/aromatic N) is 1. The number of aliphatic hydroxyl groups excluding tert-OH is 1. The molecule has 0 spiro atoms. The Morgan fingerprint density at radius 3 is 2.36 bits per heavy atom. The molecule has 1 aromatic carbocycles. The molecule has 1 aromatic rings. The monoisotopic (exact) mass is 335 g/mol. The number of nitro benzene ring substituents is 1. The summed E-state index contributed by atoms with van der Waals surface area (Å²) < 4.78 is 38.4. The molecule has 1 N–H and O–H groups in total. The maximum atomic E-state index is 11.8. The molecule has 0 aromatic heterocycles. The standard InChI is InChI=1S/C12H17NO8S/c14-4-5-19-6-7-20-8-9-21-22(17,18)12-3-1-2-11(10-12)13(15)16/h1-3,10,14H,4-9H2. The molecule has 0 atom stereocenters. The van der Waals surface area contributed by atoms with E-state index in [1.54, 1.807) is 0 Å². The topological polar surface area (TPSA) is 125 Å². The fourth-order valence-electron chi connectivity index (χ4n) is 1.41. The van der Waals surface area contributed by atoms with Gasteiger partial charge in [0, 0.05) is 12.1 Å². The maximum absolute atomic E-state index is 11.8. The SMILES string of the molecule is O=[N+]([O-])c1cccc(S(=O)(=O)OCCOCCOCCO)c1. The first-order chi connectivity index (χ1) is 10.5. The van der Waals surface area contributed by atoms with Crippen LogP contribution in [0, 0.1) is 10.1 Å².